The molecule has 2 aliphatic rings. The van der Waals surface area contributed by atoms with Crippen LogP contribution in [0.25, 0.3) is 0 Å². The van der Waals surface area contributed by atoms with Crippen molar-refractivity contribution in [3.8, 4) is 0 Å². The predicted molar refractivity (Wildman–Crippen MR) is 107 cm³/mol. The molecule has 4 heterocycles. The SMILES string of the molecule is Cc1cc(C(=O)N2CCCOC3(C2)CN(S(=O)(=O)c2cccnc2)CCO3)ccn1. The fourth-order valence-corrected chi connectivity index (χ4v) is 5.15. The van der Waals surface area contributed by atoms with E-state index >= 15 is 0 Å². The van der Waals surface area contributed by atoms with Crippen LogP contribution in [0.15, 0.2) is 47.8 Å². The highest BCUT2D eigenvalue weighted by Crippen LogP contribution is 2.28. The number of pyridine rings is 2. The Morgan fingerprint density at radius 1 is 1.13 bits per heavy atom. The van der Waals surface area contributed by atoms with E-state index in [9.17, 15) is 13.2 Å². The number of morpholine rings is 1. The number of rotatable bonds is 3. The maximum atomic E-state index is 13.1. The van der Waals surface area contributed by atoms with Crippen molar-refractivity contribution >= 4 is 15.9 Å². The van der Waals surface area contributed by atoms with E-state index in [1.54, 1.807) is 29.3 Å². The summed E-state index contributed by atoms with van der Waals surface area (Å²) in [5.41, 5.74) is 1.29. The Morgan fingerprint density at radius 2 is 1.97 bits per heavy atom. The monoisotopic (exact) mass is 432 g/mol. The van der Waals surface area contributed by atoms with E-state index in [4.69, 9.17) is 9.47 Å². The number of aromatic nitrogens is 2. The van der Waals surface area contributed by atoms with Gasteiger partial charge in [-0.2, -0.15) is 4.31 Å². The molecule has 0 bridgehead atoms. The quantitative estimate of drug-likeness (QED) is 0.715. The number of hydrogen-bond acceptors (Lipinski definition) is 7. The van der Waals surface area contributed by atoms with Crippen LogP contribution in [-0.4, -0.2) is 78.7 Å². The zero-order valence-electron chi connectivity index (χ0n) is 16.7. The van der Waals surface area contributed by atoms with Crippen molar-refractivity contribution in [2.24, 2.45) is 0 Å². The second-order valence-electron chi connectivity index (χ2n) is 7.40. The van der Waals surface area contributed by atoms with E-state index in [1.807, 2.05) is 6.92 Å². The summed E-state index contributed by atoms with van der Waals surface area (Å²) in [7, 11) is -3.75. The molecule has 2 fully saturated rings. The van der Waals surface area contributed by atoms with Gasteiger partial charge in [0, 0.05) is 42.9 Å². The van der Waals surface area contributed by atoms with Gasteiger partial charge in [-0.25, -0.2) is 8.42 Å². The molecule has 0 radical (unpaired) electrons. The molecule has 2 aromatic rings. The topological polar surface area (TPSA) is 102 Å². The van der Waals surface area contributed by atoms with Crippen LogP contribution in [0.1, 0.15) is 22.5 Å². The summed E-state index contributed by atoms with van der Waals surface area (Å²) in [6.45, 7) is 3.24. The molecule has 0 aliphatic carbocycles. The lowest BCUT2D eigenvalue weighted by Gasteiger charge is -2.42. The molecule has 2 aromatic heterocycles. The standard InChI is InChI=1S/C20H24N4O5S/c1-16-12-17(5-7-22-16)19(25)23-8-3-10-28-20(14-23)15-24(9-11-29-20)30(26,27)18-4-2-6-21-13-18/h2,4-7,12-13H,3,8-11,14-15H2,1H3. The van der Waals surface area contributed by atoms with Gasteiger partial charge in [-0.3, -0.25) is 14.8 Å². The summed E-state index contributed by atoms with van der Waals surface area (Å²) in [5, 5.41) is 0. The average molecular weight is 433 g/mol. The highest BCUT2D eigenvalue weighted by atomic mass is 32.2. The average Bonchev–Trinajstić information content (AvgIpc) is 2.96. The van der Waals surface area contributed by atoms with E-state index in [1.165, 1.54) is 22.8 Å². The Morgan fingerprint density at radius 3 is 2.73 bits per heavy atom. The van der Waals surface area contributed by atoms with Crippen molar-refractivity contribution in [2.45, 2.75) is 24.0 Å². The van der Waals surface area contributed by atoms with Crippen molar-refractivity contribution in [3.63, 3.8) is 0 Å². The van der Waals surface area contributed by atoms with Gasteiger partial charge in [0.25, 0.3) is 5.91 Å². The molecule has 0 saturated carbocycles. The summed E-state index contributed by atoms with van der Waals surface area (Å²) < 4.78 is 39.4. The summed E-state index contributed by atoms with van der Waals surface area (Å²) in [6, 6.07) is 6.51. The van der Waals surface area contributed by atoms with Gasteiger partial charge in [0.2, 0.25) is 10.0 Å². The van der Waals surface area contributed by atoms with Crippen LogP contribution in [0.5, 0.6) is 0 Å². The number of hydrogen-bond donors (Lipinski definition) is 0. The van der Waals surface area contributed by atoms with Crippen molar-refractivity contribution < 1.29 is 22.7 Å². The van der Waals surface area contributed by atoms with Gasteiger partial charge in [-0.05, 0) is 37.6 Å². The lowest BCUT2D eigenvalue weighted by Crippen LogP contribution is -2.59. The number of sulfonamides is 1. The molecule has 1 amide bonds. The molecule has 2 aliphatic heterocycles. The van der Waals surface area contributed by atoms with Gasteiger partial charge < -0.3 is 14.4 Å². The fourth-order valence-electron chi connectivity index (χ4n) is 3.73. The van der Waals surface area contributed by atoms with Crippen LogP contribution in [-0.2, 0) is 19.5 Å². The van der Waals surface area contributed by atoms with Crippen LogP contribution in [0, 0.1) is 6.92 Å². The Labute approximate surface area is 175 Å². The van der Waals surface area contributed by atoms with Crippen LogP contribution < -0.4 is 0 Å². The highest BCUT2D eigenvalue weighted by Gasteiger charge is 2.45. The van der Waals surface area contributed by atoms with Gasteiger partial charge in [0.1, 0.15) is 4.90 Å². The molecule has 1 atom stereocenters. The third-order valence-corrected chi connectivity index (χ3v) is 7.02. The van der Waals surface area contributed by atoms with Crippen molar-refractivity contribution in [1.29, 1.82) is 0 Å². The second kappa shape index (κ2) is 8.38. The Kier molecular flexibility index (Phi) is 5.83. The number of nitrogens with zero attached hydrogens (tertiary/aromatic N) is 4. The summed E-state index contributed by atoms with van der Waals surface area (Å²) in [6.07, 6.45) is 5.09. The number of ether oxygens (including phenoxy) is 2. The molecule has 0 aromatic carbocycles. The fraction of sp³-hybridized carbons (Fsp3) is 0.450. The van der Waals surface area contributed by atoms with Gasteiger partial charge in [-0.1, -0.05) is 0 Å². The lowest BCUT2D eigenvalue weighted by molar-refractivity contribution is -0.255. The Balaban J connectivity index is 1.57. The third kappa shape index (κ3) is 4.22. The van der Waals surface area contributed by atoms with Crippen molar-refractivity contribution in [1.82, 2.24) is 19.2 Å². The molecule has 2 saturated heterocycles. The smallest absolute Gasteiger partial charge is 0.254 e. The molecule has 1 spiro atoms. The number of carbonyl (C=O) groups excluding carboxylic acids is 1. The van der Waals surface area contributed by atoms with E-state index in [0.717, 1.165) is 5.69 Å². The molecule has 1 unspecified atom stereocenters. The van der Waals surface area contributed by atoms with Gasteiger partial charge in [-0.15, -0.1) is 0 Å². The maximum Gasteiger partial charge on any atom is 0.254 e. The normalized spacial score (nSPS) is 23.3. The third-order valence-electron chi connectivity index (χ3n) is 5.20. The first kappa shape index (κ1) is 20.9. The first-order chi connectivity index (χ1) is 14.4. The van der Waals surface area contributed by atoms with Gasteiger partial charge in [0.15, 0.2) is 5.79 Å². The largest absolute Gasteiger partial charge is 0.347 e. The van der Waals surface area contributed by atoms with Crippen molar-refractivity contribution in [3.05, 3.63) is 54.1 Å². The van der Waals surface area contributed by atoms with E-state index < -0.39 is 15.8 Å². The molecular formula is C20H24N4O5S. The zero-order chi connectivity index (χ0) is 21.2. The molecule has 10 heteroatoms. The van der Waals surface area contributed by atoms with Crippen LogP contribution >= 0.6 is 0 Å². The minimum Gasteiger partial charge on any atom is -0.347 e. The van der Waals surface area contributed by atoms with Crippen LogP contribution in [0.4, 0.5) is 0 Å². The van der Waals surface area contributed by atoms with Gasteiger partial charge in [0.05, 0.1) is 26.3 Å². The predicted octanol–water partition coefficient (Wildman–Crippen LogP) is 1.06. The highest BCUT2D eigenvalue weighted by molar-refractivity contribution is 7.89. The second-order valence-corrected chi connectivity index (χ2v) is 9.34. The maximum absolute atomic E-state index is 13.1. The molecule has 0 N–H and O–H groups in total. The van der Waals surface area contributed by atoms with E-state index in [-0.39, 0.29) is 37.0 Å². The van der Waals surface area contributed by atoms with Gasteiger partial charge >= 0.3 is 0 Å². The number of aryl methyl sites for hydroxylation is 1. The molecular weight excluding hydrogens is 408 g/mol. The summed E-state index contributed by atoms with van der Waals surface area (Å²) in [5.74, 6) is -1.36. The first-order valence-electron chi connectivity index (χ1n) is 9.80. The minimum absolute atomic E-state index is 0.00335. The molecule has 4 rings (SSSR count). The Hall–Kier alpha value is -2.40. The van der Waals surface area contributed by atoms with Crippen LogP contribution in [0.2, 0.25) is 0 Å². The zero-order valence-corrected chi connectivity index (χ0v) is 17.5. The van der Waals surface area contributed by atoms with Crippen LogP contribution in [0.3, 0.4) is 0 Å². The number of amides is 1. The Bertz CT molecular complexity index is 1020. The van der Waals surface area contributed by atoms with E-state index in [2.05, 4.69) is 9.97 Å². The molecule has 9 nitrogen and oxygen atoms in total. The molecule has 160 valence electrons. The number of carbonyl (C=O) groups is 1. The van der Waals surface area contributed by atoms with E-state index in [0.29, 0.717) is 25.1 Å². The summed E-state index contributed by atoms with van der Waals surface area (Å²) >= 11 is 0. The first-order valence-corrected chi connectivity index (χ1v) is 11.2. The minimum atomic E-state index is -3.75. The van der Waals surface area contributed by atoms with Crippen molar-refractivity contribution in [2.75, 3.05) is 39.4 Å². The summed E-state index contributed by atoms with van der Waals surface area (Å²) in [4.78, 5) is 22.9. The molecule has 30 heavy (non-hydrogen) atoms. The lowest BCUT2D eigenvalue weighted by atomic mass is 10.1.